The Labute approximate surface area is 174 Å². The first-order chi connectivity index (χ1) is 14.6. The molecule has 4 rings (SSSR count). The van der Waals surface area contributed by atoms with Crippen molar-refractivity contribution in [2.24, 2.45) is 0 Å². The van der Waals surface area contributed by atoms with Crippen molar-refractivity contribution in [2.75, 3.05) is 33.3 Å². The maximum absolute atomic E-state index is 13.6. The summed E-state index contributed by atoms with van der Waals surface area (Å²) in [4.78, 5) is 17.2. The lowest BCUT2D eigenvalue weighted by Crippen LogP contribution is -2.48. The van der Waals surface area contributed by atoms with E-state index < -0.39 is 0 Å². The molecule has 0 unspecified atom stereocenters. The predicted molar refractivity (Wildman–Crippen MR) is 111 cm³/mol. The zero-order valence-corrected chi connectivity index (χ0v) is 17.1. The van der Waals surface area contributed by atoms with Gasteiger partial charge >= 0.3 is 0 Å². The minimum absolute atomic E-state index is 0.0735. The highest BCUT2D eigenvalue weighted by Crippen LogP contribution is 2.27. The fraction of sp³-hybridized carbons (Fsp3) is 0.304. The van der Waals surface area contributed by atoms with Crippen LogP contribution in [-0.2, 0) is 6.54 Å². The Balaban J connectivity index is 1.45. The van der Waals surface area contributed by atoms with Gasteiger partial charge in [0.15, 0.2) is 0 Å². The lowest BCUT2D eigenvalue weighted by molar-refractivity contribution is 0.0626. The van der Waals surface area contributed by atoms with Crippen LogP contribution in [-0.4, -0.2) is 54.2 Å². The third kappa shape index (κ3) is 4.07. The monoisotopic (exact) mass is 409 g/mol. The molecule has 0 bridgehead atoms. The van der Waals surface area contributed by atoms with Gasteiger partial charge in [0.1, 0.15) is 28.6 Å². The van der Waals surface area contributed by atoms with Crippen molar-refractivity contribution in [2.45, 2.75) is 13.5 Å². The number of nitrogens with zero attached hydrogens (tertiary/aromatic N) is 3. The van der Waals surface area contributed by atoms with Crippen molar-refractivity contribution in [3.05, 3.63) is 71.2 Å². The summed E-state index contributed by atoms with van der Waals surface area (Å²) in [6, 6.07) is 14.1. The van der Waals surface area contributed by atoms with E-state index in [1.807, 2.05) is 35.2 Å². The van der Waals surface area contributed by atoms with Crippen molar-refractivity contribution >= 4 is 5.91 Å². The number of amides is 1. The van der Waals surface area contributed by atoms with Gasteiger partial charge in [0, 0.05) is 43.9 Å². The number of piperazine rings is 1. The van der Waals surface area contributed by atoms with Crippen molar-refractivity contribution < 1.29 is 18.4 Å². The van der Waals surface area contributed by atoms with Gasteiger partial charge in [-0.05, 0) is 25.1 Å². The number of aromatic nitrogens is 1. The maximum atomic E-state index is 13.6. The van der Waals surface area contributed by atoms with Crippen LogP contribution >= 0.6 is 0 Å². The molecule has 0 aliphatic carbocycles. The highest BCUT2D eigenvalue weighted by Gasteiger charge is 2.28. The van der Waals surface area contributed by atoms with Gasteiger partial charge < -0.3 is 14.2 Å². The summed E-state index contributed by atoms with van der Waals surface area (Å²) in [6.07, 6.45) is 0. The van der Waals surface area contributed by atoms with Crippen LogP contribution in [0, 0.1) is 12.7 Å². The quantitative estimate of drug-likeness (QED) is 0.642. The van der Waals surface area contributed by atoms with Crippen molar-refractivity contribution in [1.29, 1.82) is 0 Å². The first-order valence-electron chi connectivity index (χ1n) is 9.92. The molecule has 2 aromatic carbocycles. The van der Waals surface area contributed by atoms with E-state index in [1.165, 1.54) is 12.1 Å². The number of hydrogen-bond acceptors (Lipinski definition) is 5. The SMILES string of the molecule is COc1ccc(F)cc1CN1CCN(C(=O)c2c(-c3ccccc3)noc2C)CC1. The number of halogens is 1. The minimum atomic E-state index is -0.281. The minimum Gasteiger partial charge on any atom is -0.496 e. The van der Waals surface area contributed by atoms with E-state index in [0.717, 1.165) is 11.1 Å². The van der Waals surface area contributed by atoms with E-state index in [0.29, 0.717) is 55.5 Å². The molecule has 156 valence electrons. The van der Waals surface area contributed by atoms with Crippen LogP contribution in [0.1, 0.15) is 21.7 Å². The van der Waals surface area contributed by atoms with Crippen molar-refractivity contribution in [3.63, 3.8) is 0 Å². The molecule has 3 aromatic rings. The number of aryl methyl sites for hydroxylation is 1. The van der Waals surface area contributed by atoms with Gasteiger partial charge in [-0.3, -0.25) is 9.69 Å². The summed E-state index contributed by atoms with van der Waals surface area (Å²) in [5, 5.41) is 4.12. The number of carbonyl (C=O) groups excluding carboxylic acids is 1. The highest BCUT2D eigenvalue weighted by atomic mass is 19.1. The van der Waals surface area contributed by atoms with E-state index in [-0.39, 0.29) is 11.7 Å². The summed E-state index contributed by atoms with van der Waals surface area (Å²) >= 11 is 0. The molecule has 1 aliphatic rings. The van der Waals surface area contributed by atoms with Gasteiger partial charge in [-0.25, -0.2) is 4.39 Å². The number of rotatable bonds is 5. The van der Waals surface area contributed by atoms with E-state index in [2.05, 4.69) is 10.1 Å². The molecule has 1 saturated heterocycles. The average Bonchev–Trinajstić information content (AvgIpc) is 3.16. The molecule has 7 heteroatoms. The summed E-state index contributed by atoms with van der Waals surface area (Å²) in [5.74, 6) is 0.833. The van der Waals surface area contributed by atoms with Crippen molar-refractivity contribution in [3.8, 4) is 17.0 Å². The fourth-order valence-electron chi connectivity index (χ4n) is 3.80. The zero-order valence-electron chi connectivity index (χ0n) is 17.1. The lowest BCUT2D eigenvalue weighted by atomic mass is 10.0. The number of ether oxygens (including phenoxy) is 1. The van der Waals surface area contributed by atoms with Crippen LogP contribution < -0.4 is 4.74 Å². The van der Waals surface area contributed by atoms with Crippen LogP contribution in [0.15, 0.2) is 53.1 Å². The standard InChI is InChI=1S/C23H24FN3O3/c1-16-21(22(25-30-16)17-6-4-3-5-7-17)23(28)27-12-10-26(11-13-27)15-18-14-19(24)8-9-20(18)29-2/h3-9,14H,10-13,15H2,1-2H3. The van der Waals surface area contributed by atoms with Crippen LogP contribution in [0.25, 0.3) is 11.3 Å². The molecule has 30 heavy (non-hydrogen) atoms. The van der Waals surface area contributed by atoms with Gasteiger partial charge in [0.2, 0.25) is 0 Å². The Hall–Kier alpha value is -3.19. The molecule has 1 aliphatic heterocycles. The third-order valence-electron chi connectivity index (χ3n) is 5.42. The molecule has 2 heterocycles. The second-order valence-corrected chi connectivity index (χ2v) is 7.35. The highest BCUT2D eigenvalue weighted by molar-refractivity contribution is 6.00. The molecule has 1 amide bonds. The Bertz CT molecular complexity index is 1030. The second kappa shape index (κ2) is 8.67. The summed E-state index contributed by atoms with van der Waals surface area (Å²) in [5.41, 5.74) is 2.75. The molecule has 0 atom stereocenters. The van der Waals surface area contributed by atoms with Gasteiger partial charge in [0.05, 0.1) is 7.11 Å². The van der Waals surface area contributed by atoms with Crippen LogP contribution in [0.2, 0.25) is 0 Å². The molecule has 0 N–H and O–H groups in total. The van der Waals surface area contributed by atoms with Crippen LogP contribution in [0.4, 0.5) is 4.39 Å². The van der Waals surface area contributed by atoms with Crippen molar-refractivity contribution in [1.82, 2.24) is 15.0 Å². The van der Waals surface area contributed by atoms with Gasteiger partial charge in [-0.15, -0.1) is 0 Å². The predicted octanol–water partition coefficient (Wildman–Crippen LogP) is 3.76. The van der Waals surface area contributed by atoms with Gasteiger partial charge in [0.25, 0.3) is 5.91 Å². The summed E-state index contributed by atoms with van der Waals surface area (Å²) in [6.45, 7) is 4.88. The Morgan fingerprint density at radius 1 is 1.13 bits per heavy atom. The third-order valence-corrected chi connectivity index (χ3v) is 5.42. The van der Waals surface area contributed by atoms with E-state index in [1.54, 1.807) is 20.1 Å². The Morgan fingerprint density at radius 2 is 1.87 bits per heavy atom. The Morgan fingerprint density at radius 3 is 2.57 bits per heavy atom. The molecule has 6 nitrogen and oxygen atoms in total. The van der Waals surface area contributed by atoms with E-state index in [4.69, 9.17) is 9.26 Å². The molecule has 0 spiro atoms. The average molecular weight is 409 g/mol. The van der Waals surface area contributed by atoms with E-state index >= 15 is 0 Å². The summed E-state index contributed by atoms with van der Waals surface area (Å²) in [7, 11) is 1.58. The maximum Gasteiger partial charge on any atom is 0.259 e. The number of carbonyl (C=O) groups is 1. The van der Waals surface area contributed by atoms with Gasteiger partial charge in [-0.1, -0.05) is 35.5 Å². The summed E-state index contributed by atoms with van der Waals surface area (Å²) < 4.78 is 24.3. The van der Waals surface area contributed by atoms with Crippen LogP contribution in [0.3, 0.4) is 0 Å². The first-order valence-corrected chi connectivity index (χ1v) is 9.92. The number of hydrogen-bond donors (Lipinski definition) is 0. The second-order valence-electron chi connectivity index (χ2n) is 7.35. The molecular formula is C23H24FN3O3. The molecule has 1 fully saturated rings. The largest absolute Gasteiger partial charge is 0.496 e. The lowest BCUT2D eigenvalue weighted by Gasteiger charge is -2.35. The molecule has 0 radical (unpaired) electrons. The first kappa shape index (κ1) is 20.1. The molecule has 1 aromatic heterocycles. The molecule has 0 saturated carbocycles. The zero-order chi connectivity index (χ0) is 21.1. The fourth-order valence-corrected chi connectivity index (χ4v) is 3.80. The van der Waals surface area contributed by atoms with Gasteiger partial charge in [-0.2, -0.15) is 0 Å². The number of methoxy groups -OCH3 is 1. The normalized spacial score (nSPS) is 14.7. The Kier molecular flexibility index (Phi) is 5.81. The van der Waals surface area contributed by atoms with Crippen LogP contribution in [0.5, 0.6) is 5.75 Å². The number of benzene rings is 2. The topological polar surface area (TPSA) is 58.8 Å². The smallest absolute Gasteiger partial charge is 0.259 e. The van der Waals surface area contributed by atoms with E-state index in [9.17, 15) is 9.18 Å². The molecular weight excluding hydrogens is 385 g/mol.